The SMILES string of the molecule is COc1cccc(/C=N\NC(=O)CSc2nnc(-c3cccc(Br)c3)n2C)c1. The maximum atomic E-state index is 12.0. The van der Waals surface area contributed by atoms with Crippen LogP contribution in [0.2, 0.25) is 0 Å². The third-order valence-electron chi connectivity index (χ3n) is 3.75. The number of carbonyl (C=O) groups is 1. The van der Waals surface area contributed by atoms with Gasteiger partial charge in [0.25, 0.3) is 5.91 Å². The van der Waals surface area contributed by atoms with Gasteiger partial charge in [0.05, 0.1) is 19.1 Å². The fourth-order valence-corrected chi connectivity index (χ4v) is 3.49. The number of ether oxygens (including phenoxy) is 1. The number of halogens is 1. The number of rotatable bonds is 7. The second kappa shape index (κ2) is 9.52. The molecule has 0 fully saturated rings. The molecule has 1 aromatic heterocycles. The third-order valence-corrected chi connectivity index (χ3v) is 5.26. The van der Waals surface area contributed by atoms with E-state index in [-0.39, 0.29) is 11.7 Å². The van der Waals surface area contributed by atoms with Gasteiger partial charge in [0.1, 0.15) is 5.75 Å². The van der Waals surface area contributed by atoms with Crippen molar-refractivity contribution in [1.29, 1.82) is 0 Å². The zero-order chi connectivity index (χ0) is 19.9. The highest BCUT2D eigenvalue weighted by Gasteiger charge is 2.13. The van der Waals surface area contributed by atoms with Crippen LogP contribution in [-0.2, 0) is 11.8 Å². The van der Waals surface area contributed by atoms with E-state index in [0.29, 0.717) is 5.16 Å². The largest absolute Gasteiger partial charge is 0.497 e. The van der Waals surface area contributed by atoms with Crippen molar-refractivity contribution in [2.45, 2.75) is 5.16 Å². The molecule has 2 aromatic carbocycles. The number of hydrogen-bond acceptors (Lipinski definition) is 6. The van der Waals surface area contributed by atoms with Crippen molar-refractivity contribution in [3.63, 3.8) is 0 Å². The maximum Gasteiger partial charge on any atom is 0.250 e. The molecule has 0 aliphatic carbocycles. The van der Waals surface area contributed by atoms with E-state index in [2.05, 4.69) is 36.7 Å². The first-order chi connectivity index (χ1) is 13.6. The summed E-state index contributed by atoms with van der Waals surface area (Å²) in [4.78, 5) is 12.0. The Morgan fingerprint density at radius 1 is 1.29 bits per heavy atom. The van der Waals surface area contributed by atoms with Gasteiger partial charge in [-0.25, -0.2) is 5.43 Å². The molecule has 0 unspecified atom stereocenters. The fourth-order valence-electron chi connectivity index (χ4n) is 2.38. The van der Waals surface area contributed by atoms with Crippen molar-refractivity contribution < 1.29 is 9.53 Å². The Morgan fingerprint density at radius 2 is 2.11 bits per heavy atom. The molecule has 3 aromatic rings. The third kappa shape index (κ3) is 5.20. The first-order valence-electron chi connectivity index (χ1n) is 8.31. The van der Waals surface area contributed by atoms with E-state index >= 15 is 0 Å². The van der Waals surface area contributed by atoms with E-state index in [1.807, 2.05) is 60.1 Å². The van der Waals surface area contributed by atoms with Crippen LogP contribution >= 0.6 is 27.7 Å². The number of amides is 1. The Kier molecular flexibility index (Phi) is 6.83. The summed E-state index contributed by atoms with van der Waals surface area (Å²) in [6.45, 7) is 0. The number of methoxy groups -OCH3 is 1. The Labute approximate surface area is 175 Å². The number of aromatic nitrogens is 3. The molecule has 1 N–H and O–H groups in total. The summed E-state index contributed by atoms with van der Waals surface area (Å²) in [6.07, 6.45) is 1.57. The van der Waals surface area contributed by atoms with Crippen LogP contribution in [0, 0.1) is 0 Å². The molecule has 3 rings (SSSR count). The van der Waals surface area contributed by atoms with E-state index in [1.165, 1.54) is 11.8 Å². The predicted molar refractivity (Wildman–Crippen MR) is 114 cm³/mol. The van der Waals surface area contributed by atoms with E-state index in [1.54, 1.807) is 13.3 Å². The quantitative estimate of drug-likeness (QED) is 0.332. The minimum atomic E-state index is -0.226. The van der Waals surface area contributed by atoms with Gasteiger partial charge in [0.15, 0.2) is 11.0 Å². The molecule has 28 heavy (non-hydrogen) atoms. The van der Waals surface area contributed by atoms with Crippen LogP contribution in [0.15, 0.2) is 63.3 Å². The summed E-state index contributed by atoms with van der Waals surface area (Å²) in [5.74, 6) is 1.42. The first kappa shape index (κ1) is 20.1. The van der Waals surface area contributed by atoms with Gasteiger partial charge in [-0.1, -0.05) is 52.0 Å². The average Bonchev–Trinajstić information content (AvgIpc) is 3.07. The van der Waals surface area contributed by atoms with E-state index in [9.17, 15) is 4.79 Å². The Hall–Kier alpha value is -2.65. The lowest BCUT2D eigenvalue weighted by molar-refractivity contribution is -0.118. The van der Waals surface area contributed by atoms with Gasteiger partial charge in [-0.15, -0.1) is 10.2 Å². The highest BCUT2D eigenvalue weighted by atomic mass is 79.9. The maximum absolute atomic E-state index is 12.0. The van der Waals surface area contributed by atoms with Gasteiger partial charge >= 0.3 is 0 Å². The number of hydrazone groups is 1. The molecule has 0 radical (unpaired) electrons. The molecule has 0 atom stereocenters. The van der Waals surface area contributed by atoms with Crippen LogP contribution in [0.5, 0.6) is 5.75 Å². The highest BCUT2D eigenvalue weighted by molar-refractivity contribution is 9.10. The molecular weight excluding hydrogens is 442 g/mol. The van der Waals surface area contributed by atoms with Gasteiger partial charge in [-0.3, -0.25) is 4.79 Å². The Balaban J connectivity index is 1.55. The summed E-state index contributed by atoms with van der Waals surface area (Å²) in [5, 5.41) is 13.0. The van der Waals surface area contributed by atoms with Gasteiger partial charge in [0.2, 0.25) is 0 Å². The van der Waals surface area contributed by atoms with Gasteiger partial charge in [-0.05, 0) is 29.8 Å². The lowest BCUT2D eigenvalue weighted by Gasteiger charge is -2.04. The highest BCUT2D eigenvalue weighted by Crippen LogP contribution is 2.24. The second-order valence-corrected chi connectivity index (χ2v) is 7.59. The Bertz CT molecular complexity index is 1010. The molecule has 0 aliphatic heterocycles. The minimum Gasteiger partial charge on any atom is -0.497 e. The number of thioether (sulfide) groups is 1. The van der Waals surface area contributed by atoms with Crippen LogP contribution in [0.3, 0.4) is 0 Å². The normalized spacial score (nSPS) is 11.0. The predicted octanol–water partition coefficient (Wildman–Crippen LogP) is 3.50. The molecular formula is C19H18BrN5O2S. The zero-order valence-corrected chi connectivity index (χ0v) is 17.7. The number of nitrogens with one attached hydrogen (secondary N) is 1. The summed E-state index contributed by atoms with van der Waals surface area (Å²) >= 11 is 4.75. The molecule has 0 spiro atoms. The molecule has 9 heteroatoms. The fraction of sp³-hybridized carbons (Fsp3) is 0.158. The van der Waals surface area contributed by atoms with Crippen LogP contribution in [0.4, 0.5) is 0 Å². The smallest absolute Gasteiger partial charge is 0.250 e. The summed E-state index contributed by atoms with van der Waals surface area (Å²) in [7, 11) is 3.47. The molecule has 144 valence electrons. The van der Waals surface area contributed by atoms with Crippen molar-refractivity contribution in [3.8, 4) is 17.1 Å². The topological polar surface area (TPSA) is 81.4 Å². The van der Waals surface area contributed by atoms with Crippen molar-refractivity contribution in [2.75, 3.05) is 12.9 Å². The van der Waals surface area contributed by atoms with Crippen molar-refractivity contribution >= 4 is 39.8 Å². The van der Waals surface area contributed by atoms with Crippen molar-refractivity contribution in [3.05, 3.63) is 58.6 Å². The van der Waals surface area contributed by atoms with E-state index < -0.39 is 0 Å². The van der Waals surface area contributed by atoms with Gasteiger partial charge in [-0.2, -0.15) is 5.10 Å². The molecule has 0 saturated heterocycles. The number of hydrogen-bond donors (Lipinski definition) is 1. The van der Waals surface area contributed by atoms with E-state index in [4.69, 9.17) is 4.74 Å². The molecule has 0 saturated carbocycles. The molecule has 0 aliphatic rings. The van der Waals surface area contributed by atoms with Crippen LogP contribution < -0.4 is 10.2 Å². The summed E-state index contributed by atoms with van der Waals surface area (Å²) in [5.41, 5.74) is 4.29. The molecule has 7 nitrogen and oxygen atoms in total. The molecule has 0 bridgehead atoms. The number of benzene rings is 2. The van der Waals surface area contributed by atoms with Crippen LogP contribution in [-0.4, -0.2) is 39.7 Å². The lowest BCUT2D eigenvalue weighted by Crippen LogP contribution is -2.19. The summed E-state index contributed by atoms with van der Waals surface area (Å²) in [6, 6.07) is 15.2. The van der Waals surface area contributed by atoms with Gasteiger partial charge in [0, 0.05) is 17.1 Å². The van der Waals surface area contributed by atoms with Crippen LogP contribution in [0.1, 0.15) is 5.56 Å². The minimum absolute atomic E-state index is 0.180. The molecule has 1 heterocycles. The second-order valence-electron chi connectivity index (χ2n) is 5.73. The van der Waals surface area contributed by atoms with Crippen LogP contribution in [0.25, 0.3) is 11.4 Å². The van der Waals surface area contributed by atoms with Crippen molar-refractivity contribution in [1.82, 2.24) is 20.2 Å². The number of nitrogens with zero attached hydrogens (tertiary/aromatic N) is 4. The first-order valence-corrected chi connectivity index (χ1v) is 10.1. The van der Waals surface area contributed by atoms with Crippen molar-refractivity contribution in [2.24, 2.45) is 12.1 Å². The zero-order valence-electron chi connectivity index (χ0n) is 15.3. The number of carbonyl (C=O) groups excluding carboxylic acids is 1. The molecule has 1 amide bonds. The lowest BCUT2D eigenvalue weighted by atomic mass is 10.2. The summed E-state index contributed by atoms with van der Waals surface area (Å²) < 4.78 is 7.98. The monoisotopic (exact) mass is 459 g/mol. The standard InChI is InChI=1S/C19H18BrN5O2S/c1-25-18(14-6-4-7-15(20)10-14)23-24-19(25)28-12-17(26)22-21-11-13-5-3-8-16(9-13)27-2/h3-11H,12H2,1-2H3,(H,22,26)/b21-11-. The Morgan fingerprint density at radius 3 is 2.89 bits per heavy atom. The average molecular weight is 460 g/mol. The van der Waals surface area contributed by atoms with E-state index in [0.717, 1.165) is 27.2 Å². The van der Waals surface area contributed by atoms with Gasteiger partial charge < -0.3 is 9.30 Å².